The van der Waals surface area contributed by atoms with E-state index in [1.165, 1.54) is 49.7 Å². The van der Waals surface area contributed by atoms with Gasteiger partial charge >= 0.3 is 11.9 Å². The molecule has 0 fully saturated rings. The van der Waals surface area contributed by atoms with E-state index in [1.54, 1.807) is 0 Å². The molecule has 1 amide bonds. The summed E-state index contributed by atoms with van der Waals surface area (Å²) in [6, 6.07) is 12.4. The lowest BCUT2D eigenvalue weighted by Crippen LogP contribution is -2.18. The molecule has 0 atom stereocenters. The van der Waals surface area contributed by atoms with Crippen molar-refractivity contribution < 1.29 is 23.9 Å². The van der Waals surface area contributed by atoms with Crippen molar-refractivity contribution in [3.8, 4) is 11.4 Å². The molecule has 0 unspecified atom stereocenters. The van der Waals surface area contributed by atoms with Crippen LogP contribution in [0.2, 0.25) is 0 Å². The highest BCUT2D eigenvalue weighted by atomic mass is 32.2. The molecule has 184 valence electrons. The highest BCUT2D eigenvalue weighted by Gasteiger charge is 2.19. The van der Waals surface area contributed by atoms with E-state index >= 15 is 0 Å². The van der Waals surface area contributed by atoms with Crippen LogP contribution in [0.25, 0.3) is 11.4 Å². The van der Waals surface area contributed by atoms with Crippen molar-refractivity contribution in [2.75, 3.05) is 25.3 Å². The number of nitrogens with one attached hydrogen (secondary N) is 1. The van der Waals surface area contributed by atoms with E-state index in [1.807, 2.05) is 23.6 Å². The van der Waals surface area contributed by atoms with E-state index in [-0.39, 0.29) is 28.5 Å². The third-order valence-corrected chi connectivity index (χ3v) is 6.29. The number of aromatic nitrogens is 3. The Kier molecular flexibility index (Phi) is 8.64. The topological polar surface area (TPSA) is 112 Å². The average molecular weight is 497 g/mol. The first-order valence-electron chi connectivity index (χ1n) is 11.1. The summed E-state index contributed by atoms with van der Waals surface area (Å²) in [6.45, 7) is 6.90. The minimum atomic E-state index is -0.636. The standard InChI is InChI=1S/C25H28N4O5S/c1-6-29-22(17-9-7-16(8-10-17)15(2)3)27-28-25(29)35-14-21(30)26-20-13-18(23(31)33-4)11-12-19(20)24(32)34-5/h7-13,15H,6,14H2,1-5H3,(H,26,30). The number of hydrogen-bond acceptors (Lipinski definition) is 8. The van der Waals surface area contributed by atoms with Gasteiger partial charge in [-0.05, 0) is 36.6 Å². The van der Waals surface area contributed by atoms with Gasteiger partial charge in [-0.3, -0.25) is 4.79 Å². The highest BCUT2D eigenvalue weighted by molar-refractivity contribution is 7.99. The van der Waals surface area contributed by atoms with E-state index in [0.717, 1.165) is 11.4 Å². The lowest BCUT2D eigenvalue weighted by molar-refractivity contribution is -0.113. The maximum atomic E-state index is 12.7. The molecule has 3 rings (SSSR count). The van der Waals surface area contributed by atoms with Crippen LogP contribution in [-0.2, 0) is 20.8 Å². The Balaban J connectivity index is 1.76. The molecule has 0 aliphatic heterocycles. The van der Waals surface area contributed by atoms with Crippen LogP contribution in [0.1, 0.15) is 53.0 Å². The van der Waals surface area contributed by atoms with Crippen LogP contribution in [0.5, 0.6) is 0 Å². The molecule has 2 aromatic carbocycles. The molecule has 10 heteroatoms. The molecule has 1 heterocycles. The van der Waals surface area contributed by atoms with Crippen LogP contribution < -0.4 is 5.32 Å². The number of esters is 2. The van der Waals surface area contributed by atoms with Crippen LogP contribution in [0.3, 0.4) is 0 Å². The number of hydrogen-bond donors (Lipinski definition) is 1. The van der Waals surface area contributed by atoms with Crippen molar-refractivity contribution in [2.45, 2.75) is 38.4 Å². The molecule has 0 saturated heterocycles. The largest absolute Gasteiger partial charge is 0.465 e. The molecule has 3 aromatic rings. The normalized spacial score (nSPS) is 10.8. The van der Waals surface area contributed by atoms with Gasteiger partial charge < -0.3 is 19.4 Å². The van der Waals surface area contributed by atoms with Crippen LogP contribution >= 0.6 is 11.8 Å². The maximum Gasteiger partial charge on any atom is 0.339 e. The van der Waals surface area contributed by atoms with E-state index < -0.39 is 11.9 Å². The number of carbonyl (C=O) groups excluding carboxylic acids is 3. The van der Waals surface area contributed by atoms with Crippen LogP contribution in [0, 0.1) is 0 Å². The fraction of sp³-hybridized carbons (Fsp3) is 0.320. The molecular weight excluding hydrogens is 468 g/mol. The van der Waals surface area contributed by atoms with Crippen molar-refractivity contribution in [1.29, 1.82) is 0 Å². The molecule has 0 aliphatic carbocycles. The fourth-order valence-corrected chi connectivity index (χ4v) is 4.21. The van der Waals surface area contributed by atoms with Crippen molar-refractivity contribution in [1.82, 2.24) is 14.8 Å². The minimum Gasteiger partial charge on any atom is -0.465 e. The molecule has 1 N–H and O–H groups in total. The van der Waals surface area contributed by atoms with Gasteiger partial charge in [0.25, 0.3) is 0 Å². The van der Waals surface area contributed by atoms with E-state index in [9.17, 15) is 14.4 Å². The van der Waals surface area contributed by atoms with Crippen LogP contribution in [0.15, 0.2) is 47.6 Å². The highest BCUT2D eigenvalue weighted by Crippen LogP contribution is 2.26. The SMILES string of the molecule is CCn1c(SCC(=O)Nc2cc(C(=O)OC)ccc2C(=O)OC)nnc1-c1ccc(C(C)C)cc1. The number of thioether (sulfide) groups is 1. The number of amides is 1. The molecular formula is C25H28N4O5S. The summed E-state index contributed by atoms with van der Waals surface area (Å²) >= 11 is 1.23. The average Bonchev–Trinajstić information content (AvgIpc) is 3.29. The van der Waals surface area contributed by atoms with Gasteiger partial charge in [-0.25, -0.2) is 9.59 Å². The van der Waals surface area contributed by atoms with Crippen molar-refractivity contribution in [3.63, 3.8) is 0 Å². The lowest BCUT2D eigenvalue weighted by atomic mass is 10.0. The Morgan fingerprint density at radius 3 is 2.29 bits per heavy atom. The van der Waals surface area contributed by atoms with Gasteiger partial charge in [0.2, 0.25) is 5.91 Å². The monoisotopic (exact) mass is 496 g/mol. The summed E-state index contributed by atoms with van der Waals surface area (Å²) in [6.07, 6.45) is 0. The number of rotatable bonds is 9. The Morgan fingerprint density at radius 1 is 1.00 bits per heavy atom. The van der Waals surface area contributed by atoms with Gasteiger partial charge in [0, 0.05) is 12.1 Å². The minimum absolute atomic E-state index is 0.0213. The Hall–Kier alpha value is -3.66. The molecule has 0 bridgehead atoms. The number of ether oxygens (including phenoxy) is 2. The van der Waals surface area contributed by atoms with Gasteiger partial charge in [-0.15, -0.1) is 10.2 Å². The molecule has 35 heavy (non-hydrogen) atoms. The lowest BCUT2D eigenvalue weighted by Gasteiger charge is -2.12. The molecule has 0 saturated carbocycles. The van der Waals surface area contributed by atoms with Crippen molar-refractivity contribution >= 4 is 35.3 Å². The second kappa shape index (κ2) is 11.7. The van der Waals surface area contributed by atoms with Gasteiger partial charge in [0.1, 0.15) is 0 Å². The van der Waals surface area contributed by atoms with Crippen molar-refractivity contribution in [2.24, 2.45) is 0 Å². The maximum absolute atomic E-state index is 12.7. The first-order valence-corrected chi connectivity index (χ1v) is 12.0. The summed E-state index contributed by atoms with van der Waals surface area (Å²) in [5, 5.41) is 11.9. The van der Waals surface area contributed by atoms with Gasteiger partial charge in [0.05, 0.1) is 36.8 Å². The zero-order chi connectivity index (χ0) is 25.5. The van der Waals surface area contributed by atoms with Gasteiger partial charge in [-0.2, -0.15) is 0 Å². The van der Waals surface area contributed by atoms with Crippen LogP contribution in [0.4, 0.5) is 5.69 Å². The number of nitrogens with zero attached hydrogens (tertiary/aromatic N) is 3. The summed E-state index contributed by atoms with van der Waals surface area (Å²) in [4.78, 5) is 36.7. The number of benzene rings is 2. The smallest absolute Gasteiger partial charge is 0.339 e. The number of carbonyl (C=O) groups is 3. The Morgan fingerprint density at radius 2 is 1.69 bits per heavy atom. The molecule has 1 aromatic heterocycles. The number of anilines is 1. The summed E-state index contributed by atoms with van der Waals surface area (Å²) in [5.41, 5.74) is 2.67. The van der Waals surface area contributed by atoms with Crippen molar-refractivity contribution in [3.05, 3.63) is 59.2 Å². The second-order valence-corrected chi connectivity index (χ2v) is 8.85. The first-order chi connectivity index (χ1) is 16.8. The number of methoxy groups -OCH3 is 2. The summed E-state index contributed by atoms with van der Waals surface area (Å²) in [7, 11) is 2.49. The predicted octanol–water partition coefficient (Wildman–Crippen LogP) is 4.39. The van der Waals surface area contributed by atoms with Gasteiger partial charge in [-0.1, -0.05) is 49.9 Å². The second-order valence-electron chi connectivity index (χ2n) is 7.91. The summed E-state index contributed by atoms with van der Waals surface area (Å²) < 4.78 is 11.4. The van der Waals surface area contributed by atoms with E-state index in [2.05, 4.69) is 41.5 Å². The predicted molar refractivity (Wildman–Crippen MR) is 134 cm³/mol. The summed E-state index contributed by atoms with van der Waals surface area (Å²) in [5.74, 6) is -0.418. The molecule has 0 radical (unpaired) electrons. The zero-order valence-electron chi connectivity index (χ0n) is 20.3. The third kappa shape index (κ3) is 6.07. The Labute approximate surface area is 208 Å². The molecule has 9 nitrogen and oxygen atoms in total. The van der Waals surface area contributed by atoms with E-state index in [0.29, 0.717) is 17.6 Å². The zero-order valence-corrected chi connectivity index (χ0v) is 21.1. The van der Waals surface area contributed by atoms with Gasteiger partial charge in [0.15, 0.2) is 11.0 Å². The van der Waals surface area contributed by atoms with Crippen LogP contribution in [-0.4, -0.2) is 52.6 Å². The molecule has 0 aliphatic rings. The fourth-order valence-electron chi connectivity index (χ4n) is 3.41. The first kappa shape index (κ1) is 26.0. The third-order valence-electron chi connectivity index (χ3n) is 5.32. The quantitative estimate of drug-likeness (QED) is 0.343. The van der Waals surface area contributed by atoms with E-state index in [4.69, 9.17) is 9.47 Å². The molecule has 0 spiro atoms. The Bertz CT molecular complexity index is 1220.